The summed E-state index contributed by atoms with van der Waals surface area (Å²) in [4.78, 5) is 13.6. The smallest absolute Gasteiger partial charge is 0.408 e. The number of nitrogens with one attached hydrogen (secondary N) is 2. The van der Waals surface area contributed by atoms with Crippen LogP contribution in [0.3, 0.4) is 0 Å². The number of hydrogen-bond acceptors (Lipinski definition) is 3. The minimum Gasteiger partial charge on any atom is -0.408 e. The van der Waals surface area contributed by atoms with Gasteiger partial charge in [0.05, 0.1) is 5.52 Å². The molecule has 0 saturated heterocycles. The molecule has 0 saturated carbocycles. The van der Waals surface area contributed by atoms with E-state index in [1.54, 1.807) is 18.2 Å². The van der Waals surface area contributed by atoms with Gasteiger partial charge < -0.3 is 9.73 Å². The fraction of sp³-hybridized carbons (Fsp3) is 0.0714. The lowest BCUT2D eigenvalue weighted by atomic mass is 10.2. The zero-order valence-electron chi connectivity index (χ0n) is 10.2. The highest BCUT2D eigenvalue weighted by molar-refractivity contribution is 5.76. The third-order valence-electron chi connectivity index (χ3n) is 2.92. The van der Waals surface area contributed by atoms with Gasteiger partial charge in [-0.3, -0.25) is 4.98 Å². The van der Waals surface area contributed by atoms with E-state index in [0.717, 1.165) is 6.07 Å². The van der Waals surface area contributed by atoms with Crippen molar-refractivity contribution in [3.8, 4) is 0 Å². The second-order valence-corrected chi connectivity index (χ2v) is 4.31. The number of oxazole rings is 1. The number of H-pyrrole nitrogens is 1. The van der Waals surface area contributed by atoms with Crippen LogP contribution in [0.5, 0.6) is 0 Å². The molecule has 0 fully saturated rings. The minimum absolute atomic E-state index is 0.208. The Labute approximate surface area is 112 Å². The van der Waals surface area contributed by atoms with Gasteiger partial charge in [-0.15, -0.1) is 0 Å². The van der Waals surface area contributed by atoms with E-state index in [9.17, 15) is 13.6 Å². The van der Waals surface area contributed by atoms with Crippen molar-refractivity contribution in [3.63, 3.8) is 0 Å². The van der Waals surface area contributed by atoms with E-state index < -0.39 is 17.4 Å². The number of benzene rings is 2. The maximum atomic E-state index is 13.5. The van der Waals surface area contributed by atoms with Crippen molar-refractivity contribution in [1.29, 1.82) is 0 Å². The molecular formula is C14H10F2N2O2. The second-order valence-electron chi connectivity index (χ2n) is 4.31. The van der Waals surface area contributed by atoms with Crippen molar-refractivity contribution in [1.82, 2.24) is 4.98 Å². The summed E-state index contributed by atoms with van der Waals surface area (Å²) < 4.78 is 31.1. The predicted molar refractivity (Wildman–Crippen MR) is 70.5 cm³/mol. The van der Waals surface area contributed by atoms with Gasteiger partial charge in [-0.05, 0) is 24.3 Å². The van der Waals surface area contributed by atoms with E-state index in [1.165, 1.54) is 12.1 Å². The summed E-state index contributed by atoms with van der Waals surface area (Å²) in [5, 5.41) is 3.00. The van der Waals surface area contributed by atoms with E-state index in [2.05, 4.69) is 10.3 Å². The number of anilines is 1. The summed E-state index contributed by atoms with van der Waals surface area (Å²) in [6, 6.07) is 8.46. The van der Waals surface area contributed by atoms with Crippen molar-refractivity contribution < 1.29 is 13.2 Å². The first-order chi connectivity index (χ1) is 9.61. The molecule has 0 radical (unpaired) electrons. The minimum atomic E-state index is -0.608. The van der Waals surface area contributed by atoms with Crippen LogP contribution in [0.1, 0.15) is 5.56 Å². The highest BCUT2D eigenvalue weighted by Crippen LogP contribution is 2.18. The molecule has 0 aliphatic heterocycles. The first kappa shape index (κ1) is 12.4. The Morgan fingerprint density at radius 2 is 2.00 bits per heavy atom. The fourth-order valence-corrected chi connectivity index (χ4v) is 1.92. The van der Waals surface area contributed by atoms with Crippen molar-refractivity contribution in [2.45, 2.75) is 6.54 Å². The molecule has 1 heterocycles. The van der Waals surface area contributed by atoms with Crippen LogP contribution in [-0.4, -0.2) is 4.98 Å². The Morgan fingerprint density at radius 3 is 2.80 bits per heavy atom. The van der Waals surface area contributed by atoms with Gasteiger partial charge >= 0.3 is 5.76 Å². The molecule has 0 aliphatic rings. The summed E-state index contributed by atoms with van der Waals surface area (Å²) >= 11 is 0. The van der Waals surface area contributed by atoms with Gasteiger partial charge in [0.15, 0.2) is 5.58 Å². The Morgan fingerprint density at radius 1 is 1.15 bits per heavy atom. The van der Waals surface area contributed by atoms with E-state index in [4.69, 9.17) is 4.42 Å². The quantitative estimate of drug-likeness (QED) is 0.773. The molecule has 3 rings (SSSR count). The Bertz CT molecular complexity index is 823. The lowest BCUT2D eigenvalue weighted by Gasteiger charge is -2.07. The standard InChI is InChI=1S/C14H10F2N2O2/c15-9-2-1-8(11(16)5-9)7-17-10-3-4-13-12(6-10)18-14(19)20-13/h1-6,17H,7H2,(H,18,19). The number of aromatic nitrogens is 1. The maximum absolute atomic E-state index is 13.5. The molecule has 102 valence electrons. The molecule has 2 N–H and O–H groups in total. The molecule has 0 unspecified atom stereocenters. The molecule has 0 atom stereocenters. The van der Waals surface area contributed by atoms with E-state index in [0.29, 0.717) is 22.4 Å². The third-order valence-corrected chi connectivity index (χ3v) is 2.92. The monoisotopic (exact) mass is 276 g/mol. The van der Waals surface area contributed by atoms with Crippen molar-refractivity contribution in [3.05, 3.63) is 64.1 Å². The highest BCUT2D eigenvalue weighted by atomic mass is 19.1. The summed E-state index contributed by atoms with van der Waals surface area (Å²) in [5.41, 5.74) is 2.05. The van der Waals surface area contributed by atoms with E-state index in [-0.39, 0.29) is 6.54 Å². The molecule has 1 aromatic heterocycles. The third kappa shape index (κ3) is 2.40. The lowest BCUT2D eigenvalue weighted by Crippen LogP contribution is -2.02. The van der Waals surface area contributed by atoms with Crippen LogP contribution in [0.25, 0.3) is 11.1 Å². The fourth-order valence-electron chi connectivity index (χ4n) is 1.92. The molecule has 0 bridgehead atoms. The van der Waals surface area contributed by atoms with Crippen LogP contribution in [0.2, 0.25) is 0 Å². The Balaban J connectivity index is 1.80. The van der Waals surface area contributed by atoms with Gasteiger partial charge in [-0.2, -0.15) is 0 Å². The first-order valence-corrected chi connectivity index (χ1v) is 5.92. The summed E-state index contributed by atoms with van der Waals surface area (Å²) in [6.07, 6.45) is 0. The molecule has 3 aromatic rings. The van der Waals surface area contributed by atoms with Crippen LogP contribution in [-0.2, 0) is 6.54 Å². The Kier molecular flexibility index (Phi) is 2.98. The number of aromatic amines is 1. The summed E-state index contributed by atoms with van der Waals surface area (Å²) in [6.45, 7) is 0.208. The van der Waals surface area contributed by atoms with Gasteiger partial charge in [-0.1, -0.05) is 6.07 Å². The van der Waals surface area contributed by atoms with Crippen LogP contribution in [0.15, 0.2) is 45.6 Å². The number of halogens is 2. The number of hydrogen-bond donors (Lipinski definition) is 2. The normalized spacial score (nSPS) is 10.9. The molecular weight excluding hydrogens is 266 g/mol. The van der Waals surface area contributed by atoms with Crippen LogP contribution >= 0.6 is 0 Å². The maximum Gasteiger partial charge on any atom is 0.417 e. The zero-order chi connectivity index (χ0) is 14.1. The summed E-state index contributed by atoms with van der Waals surface area (Å²) in [5.74, 6) is -1.74. The largest absolute Gasteiger partial charge is 0.417 e. The van der Waals surface area contributed by atoms with E-state index >= 15 is 0 Å². The van der Waals surface area contributed by atoms with Gasteiger partial charge in [-0.25, -0.2) is 13.6 Å². The first-order valence-electron chi connectivity index (χ1n) is 5.92. The van der Waals surface area contributed by atoms with Gasteiger partial charge in [0.2, 0.25) is 0 Å². The molecule has 6 heteroatoms. The predicted octanol–water partition coefficient (Wildman–Crippen LogP) is 3.01. The Hall–Kier alpha value is -2.63. The second kappa shape index (κ2) is 4.80. The molecule has 0 spiro atoms. The van der Waals surface area contributed by atoms with Crippen molar-refractivity contribution in [2.24, 2.45) is 0 Å². The topological polar surface area (TPSA) is 58.0 Å². The van der Waals surface area contributed by atoms with Crippen LogP contribution in [0.4, 0.5) is 14.5 Å². The zero-order valence-corrected chi connectivity index (χ0v) is 10.2. The lowest BCUT2D eigenvalue weighted by molar-refractivity contribution is 0.555. The van der Waals surface area contributed by atoms with Gasteiger partial charge in [0.1, 0.15) is 11.6 Å². The van der Waals surface area contributed by atoms with Crippen LogP contribution < -0.4 is 11.1 Å². The van der Waals surface area contributed by atoms with Crippen LogP contribution in [0, 0.1) is 11.6 Å². The van der Waals surface area contributed by atoms with Crippen molar-refractivity contribution in [2.75, 3.05) is 5.32 Å². The average Bonchev–Trinajstić information content (AvgIpc) is 2.77. The van der Waals surface area contributed by atoms with Gasteiger partial charge in [0.25, 0.3) is 0 Å². The number of fused-ring (bicyclic) bond motifs is 1. The summed E-state index contributed by atoms with van der Waals surface area (Å²) in [7, 11) is 0. The molecule has 20 heavy (non-hydrogen) atoms. The molecule has 4 nitrogen and oxygen atoms in total. The van der Waals surface area contributed by atoms with Gasteiger partial charge in [0, 0.05) is 23.9 Å². The highest BCUT2D eigenvalue weighted by Gasteiger charge is 2.05. The van der Waals surface area contributed by atoms with Crippen molar-refractivity contribution >= 4 is 16.8 Å². The van der Waals surface area contributed by atoms with E-state index in [1.807, 2.05) is 0 Å². The number of rotatable bonds is 3. The molecule has 2 aromatic carbocycles. The SMILES string of the molecule is O=c1[nH]c2cc(NCc3ccc(F)cc3F)ccc2o1. The molecule has 0 aliphatic carbocycles. The average molecular weight is 276 g/mol. The molecule has 0 amide bonds.